The van der Waals surface area contributed by atoms with Crippen molar-refractivity contribution in [3.63, 3.8) is 0 Å². The number of methoxy groups -OCH3 is 1. The van der Waals surface area contributed by atoms with E-state index in [4.69, 9.17) is 14.6 Å². The van der Waals surface area contributed by atoms with Gasteiger partial charge < -0.3 is 35.8 Å². The van der Waals surface area contributed by atoms with Gasteiger partial charge in [-0.15, -0.1) is 0 Å². The second-order valence-corrected chi connectivity index (χ2v) is 11.8. The third-order valence-electron chi connectivity index (χ3n) is 7.54. The predicted molar refractivity (Wildman–Crippen MR) is 180 cm³/mol. The summed E-state index contributed by atoms with van der Waals surface area (Å²) in [5, 5.41) is 27.4. The Morgan fingerprint density at radius 2 is 1.55 bits per heavy atom. The molecule has 0 heterocycles. The van der Waals surface area contributed by atoms with Crippen LogP contribution in [-0.2, 0) is 30.4 Å². The van der Waals surface area contributed by atoms with Crippen LogP contribution in [0.3, 0.4) is 0 Å². The average Bonchev–Trinajstić information content (AvgIpc) is 3.13. The molecule has 3 aromatic rings. The first-order valence-corrected chi connectivity index (χ1v) is 15.9. The maximum absolute atomic E-state index is 14.0. The third kappa shape index (κ3) is 12.4. The highest BCUT2D eigenvalue weighted by atomic mass is 19.4. The van der Waals surface area contributed by atoms with Gasteiger partial charge in [-0.1, -0.05) is 44.2 Å². The molecule has 0 saturated heterocycles. The number of hydrogen-bond acceptors (Lipinski definition) is 9. The summed E-state index contributed by atoms with van der Waals surface area (Å²) in [4.78, 5) is 75.9. The zero-order chi connectivity index (χ0) is 39.3. The maximum Gasteiger partial charge on any atom is 0.452 e. The van der Waals surface area contributed by atoms with Gasteiger partial charge >= 0.3 is 12.1 Å². The summed E-state index contributed by atoms with van der Waals surface area (Å²) in [6.07, 6.45) is -5.48. The van der Waals surface area contributed by atoms with Gasteiger partial charge in [-0.05, 0) is 59.5 Å². The van der Waals surface area contributed by atoms with Gasteiger partial charge in [0.05, 0.1) is 24.8 Å². The number of carbonyl (C=O) groups excluding carboxylic acids is 5. The molecule has 0 aliphatic rings. The number of carboxylic acids is 1. The van der Waals surface area contributed by atoms with Gasteiger partial charge in [0, 0.05) is 12.0 Å². The lowest BCUT2D eigenvalue weighted by Gasteiger charge is -2.27. The van der Waals surface area contributed by atoms with Crippen molar-refractivity contribution in [2.75, 3.05) is 20.3 Å². The molecule has 0 aliphatic heterocycles. The maximum atomic E-state index is 14.0. The molecule has 5 N–H and O–H groups in total. The van der Waals surface area contributed by atoms with Crippen LogP contribution in [0.5, 0.6) is 11.5 Å². The Kier molecular flexibility index (Phi) is 14.5. The van der Waals surface area contributed by atoms with E-state index in [0.29, 0.717) is 11.3 Å². The number of ether oxygens (including phenoxy) is 2. The first-order chi connectivity index (χ1) is 25.0. The van der Waals surface area contributed by atoms with E-state index in [9.17, 15) is 47.2 Å². The average molecular weight is 740 g/mol. The van der Waals surface area contributed by atoms with Crippen molar-refractivity contribution in [3.05, 3.63) is 95.1 Å². The lowest BCUT2D eigenvalue weighted by atomic mass is 9.97. The topological polar surface area (TPSA) is 213 Å². The van der Waals surface area contributed by atoms with E-state index < -0.39 is 78.8 Å². The van der Waals surface area contributed by atoms with Crippen molar-refractivity contribution >= 4 is 35.4 Å². The first kappa shape index (κ1) is 41.0. The largest absolute Gasteiger partial charge is 0.497 e. The number of benzene rings is 3. The van der Waals surface area contributed by atoms with Gasteiger partial charge in [0.15, 0.2) is 6.61 Å². The fourth-order valence-corrected chi connectivity index (χ4v) is 4.84. The molecule has 0 spiro atoms. The van der Waals surface area contributed by atoms with Crippen LogP contribution in [0, 0.1) is 17.2 Å². The van der Waals surface area contributed by atoms with Crippen molar-refractivity contribution in [3.8, 4) is 17.6 Å². The Morgan fingerprint density at radius 3 is 2.15 bits per heavy atom. The van der Waals surface area contributed by atoms with Gasteiger partial charge in [0.2, 0.25) is 11.8 Å². The zero-order valence-electron chi connectivity index (χ0n) is 28.7. The summed E-state index contributed by atoms with van der Waals surface area (Å²) in [5.41, 5.74) is 0.740. The summed E-state index contributed by atoms with van der Waals surface area (Å²) >= 11 is 0. The highest BCUT2D eigenvalue weighted by molar-refractivity contribution is 5.99. The fourth-order valence-electron chi connectivity index (χ4n) is 4.84. The molecule has 4 amide bonds. The molecule has 2 unspecified atom stereocenters. The van der Waals surface area contributed by atoms with E-state index in [1.165, 1.54) is 81.6 Å². The minimum absolute atomic E-state index is 0.0353. The summed E-state index contributed by atoms with van der Waals surface area (Å²) in [5.74, 6) is -7.68. The number of hydrogen-bond donors (Lipinski definition) is 5. The van der Waals surface area contributed by atoms with Crippen LogP contribution in [-0.4, -0.2) is 79.0 Å². The number of alkyl halides is 3. The number of Topliss-reactive ketones (excluding diaryl/α,β-unsaturated/α-hetero) is 1. The first-order valence-electron chi connectivity index (χ1n) is 15.9. The molecular weight excluding hydrogens is 703 g/mol. The van der Waals surface area contributed by atoms with E-state index in [-0.39, 0.29) is 28.9 Å². The Hall–Kier alpha value is -6.44. The monoisotopic (exact) mass is 739 g/mol. The molecule has 17 heteroatoms. The number of halogens is 3. The minimum atomic E-state index is -5.26. The van der Waals surface area contributed by atoms with Crippen LogP contribution in [0.25, 0.3) is 0 Å². The lowest BCUT2D eigenvalue weighted by Crippen LogP contribution is -2.55. The normalized spacial score (nSPS) is 12.6. The van der Waals surface area contributed by atoms with Crippen molar-refractivity contribution in [1.82, 2.24) is 21.3 Å². The predicted octanol–water partition coefficient (Wildman–Crippen LogP) is 2.62. The standard InChI is InChI=1S/C36H36F3N5O9/c1-20(2)30(32(48)36(37,38)39)43-35(51)31(23-10-12-25(52-3)13-11-23)44-34(50)27(15-21-6-4-7-22(14-21)17-40)42-33(49)24-8-5-9-26(16-24)53-19-28(45)41-18-29(46)47/h4-14,16,20,27,30-31H,15,18-19H2,1-3H3,(H,41,45)(H,42,49)(H,43,51)(H,44,50)(H,46,47)/t27?,30-,31?/m0/s1. The van der Waals surface area contributed by atoms with Gasteiger partial charge in [-0.25, -0.2) is 0 Å². The van der Waals surface area contributed by atoms with Gasteiger partial charge in [0.25, 0.3) is 17.6 Å². The quantitative estimate of drug-likeness (QED) is 0.137. The molecule has 53 heavy (non-hydrogen) atoms. The summed E-state index contributed by atoms with van der Waals surface area (Å²) < 4.78 is 50.8. The molecule has 14 nitrogen and oxygen atoms in total. The molecule has 3 aromatic carbocycles. The number of aliphatic carboxylic acids is 1. The van der Waals surface area contributed by atoms with Crippen molar-refractivity contribution in [2.45, 2.75) is 44.6 Å². The van der Waals surface area contributed by atoms with E-state index >= 15 is 0 Å². The van der Waals surface area contributed by atoms with Crippen LogP contribution in [0.15, 0.2) is 72.8 Å². The summed E-state index contributed by atoms with van der Waals surface area (Å²) in [6, 6.07) is 14.1. The number of carboxylic acid groups (broad SMARTS) is 1. The molecule has 0 aromatic heterocycles. The second-order valence-electron chi connectivity index (χ2n) is 11.8. The number of nitrogens with one attached hydrogen (secondary N) is 4. The van der Waals surface area contributed by atoms with E-state index in [0.717, 1.165) is 0 Å². The van der Waals surface area contributed by atoms with Gasteiger partial charge in [0.1, 0.15) is 30.1 Å². The number of nitriles is 1. The van der Waals surface area contributed by atoms with Crippen LogP contribution in [0.2, 0.25) is 0 Å². The van der Waals surface area contributed by atoms with E-state index in [2.05, 4.69) is 21.3 Å². The van der Waals surface area contributed by atoms with Crippen molar-refractivity contribution < 1.29 is 56.5 Å². The van der Waals surface area contributed by atoms with Crippen LogP contribution in [0.1, 0.15) is 46.9 Å². The Balaban J connectivity index is 1.94. The molecule has 3 rings (SSSR count). The number of amides is 4. The second kappa shape index (κ2) is 18.7. The summed E-state index contributed by atoms with van der Waals surface area (Å²) in [6.45, 7) is 1.42. The smallest absolute Gasteiger partial charge is 0.452 e. The van der Waals surface area contributed by atoms with Crippen LogP contribution in [0.4, 0.5) is 13.2 Å². The SMILES string of the molecule is COc1ccc(C(NC(=O)C(Cc2cccc(C#N)c2)NC(=O)c2cccc(OCC(=O)NCC(=O)O)c2)C(=O)N[C@H](C(=O)C(F)(F)F)C(C)C)cc1. The molecule has 3 atom stereocenters. The van der Waals surface area contributed by atoms with Crippen molar-refractivity contribution in [2.24, 2.45) is 5.92 Å². The lowest BCUT2D eigenvalue weighted by molar-refractivity contribution is -0.175. The highest BCUT2D eigenvalue weighted by Crippen LogP contribution is 2.24. The van der Waals surface area contributed by atoms with Crippen LogP contribution >= 0.6 is 0 Å². The highest BCUT2D eigenvalue weighted by Gasteiger charge is 2.45. The Labute approximate surface area is 301 Å². The zero-order valence-corrected chi connectivity index (χ0v) is 28.7. The molecule has 280 valence electrons. The van der Waals surface area contributed by atoms with E-state index in [1.54, 1.807) is 12.1 Å². The Bertz CT molecular complexity index is 1860. The molecule has 0 radical (unpaired) electrons. The molecule has 0 bridgehead atoms. The number of nitrogens with zero attached hydrogens (tertiary/aromatic N) is 1. The number of carbonyl (C=O) groups is 6. The van der Waals surface area contributed by atoms with Gasteiger partial charge in [-0.2, -0.15) is 18.4 Å². The summed E-state index contributed by atoms with van der Waals surface area (Å²) in [7, 11) is 1.38. The molecule has 0 fully saturated rings. The van der Waals surface area contributed by atoms with Crippen LogP contribution < -0.4 is 30.7 Å². The number of rotatable bonds is 17. The fraction of sp³-hybridized carbons (Fsp3) is 0.306. The van der Waals surface area contributed by atoms with Gasteiger partial charge in [-0.3, -0.25) is 28.8 Å². The van der Waals surface area contributed by atoms with E-state index in [1.807, 2.05) is 6.07 Å². The Morgan fingerprint density at radius 1 is 0.868 bits per heavy atom. The minimum Gasteiger partial charge on any atom is -0.497 e. The molecular formula is C36H36F3N5O9. The molecule has 0 saturated carbocycles. The number of ketones is 1. The third-order valence-corrected chi connectivity index (χ3v) is 7.54. The van der Waals surface area contributed by atoms with Crippen molar-refractivity contribution in [1.29, 1.82) is 5.26 Å². The molecule has 0 aliphatic carbocycles.